The second-order valence-electron chi connectivity index (χ2n) is 7.43. The normalized spacial score (nSPS) is 19.2. The Balaban J connectivity index is 1.49. The number of carbonyl (C=O) groups is 3. The lowest BCUT2D eigenvalue weighted by atomic mass is 9.92. The minimum Gasteiger partial charge on any atom is -0.489 e. The van der Waals surface area contributed by atoms with E-state index in [1.54, 1.807) is 18.2 Å². The van der Waals surface area contributed by atoms with E-state index >= 15 is 0 Å². The Hall–Kier alpha value is -3.16. The van der Waals surface area contributed by atoms with Crippen molar-refractivity contribution in [1.29, 1.82) is 0 Å². The first kappa shape index (κ1) is 20.1. The molecule has 5 nitrogen and oxygen atoms in total. The van der Waals surface area contributed by atoms with E-state index in [0.717, 1.165) is 12.1 Å². The van der Waals surface area contributed by atoms with Crippen LogP contribution in [-0.2, 0) is 28.9 Å². The van der Waals surface area contributed by atoms with E-state index in [-0.39, 0.29) is 43.5 Å². The molecule has 1 fully saturated rings. The smallest absolute Gasteiger partial charge is 0.416 e. The number of ketones is 2. The van der Waals surface area contributed by atoms with Crippen LogP contribution in [0.1, 0.15) is 46.3 Å². The molecule has 2 aromatic rings. The van der Waals surface area contributed by atoms with Gasteiger partial charge in [-0.25, -0.2) is 0 Å². The highest BCUT2D eigenvalue weighted by Gasteiger charge is 2.40. The van der Waals surface area contributed by atoms with Crippen molar-refractivity contribution in [3.63, 3.8) is 0 Å². The summed E-state index contributed by atoms with van der Waals surface area (Å²) < 4.78 is 43.8. The molecule has 1 aliphatic heterocycles. The van der Waals surface area contributed by atoms with Crippen molar-refractivity contribution in [3.8, 4) is 5.75 Å². The van der Waals surface area contributed by atoms with Crippen molar-refractivity contribution >= 4 is 17.5 Å². The van der Waals surface area contributed by atoms with Crippen LogP contribution in [0.2, 0.25) is 0 Å². The Morgan fingerprint density at radius 3 is 2.43 bits per heavy atom. The van der Waals surface area contributed by atoms with Crippen LogP contribution in [0.3, 0.4) is 0 Å². The molecule has 0 bridgehead atoms. The lowest BCUT2D eigenvalue weighted by molar-refractivity contribution is -0.137. The molecule has 2 aliphatic rings. The van der Waals surface area contributed by atoms with Gasteiger partial charge in [-0.3, -0.25) is 14.4 Å². The highest BCUT2D eigenvalue weighted by molar-refractivity contribution is 6.07. The number of carbonyl (C=O) groups excluding carboxylic acids is 3. The van der Waals surface area contributed by atoms with Gasteiger partial charge in [-0.05, 0) is 36.2 Å². The number of hydrogen-bond donors (Lipinski definition) is 0. The van der Waals surface area contributed by atoms with Gasteiger partial charge in [0.05, 0.1) is 24.6 Å². The van der Waals surface area contributed by atoms with Crippen LogP contribution in [-0.4, -0.2) is 28.4 Å². The maximum Gasteiger partial charge on any atom is 0.416 e. The van der Waals surface area contributed by atoms with E-state index in [9.17, 15) is 27.6 Å². The van der Waals surface area contributed by atoms with Gasteiger partial charge in [-0.15, -0.1) is 0 Å². The minimum atomic E-state index is -4.40. The summed E-state index contributed by atoms with van der Waals surface area (Å²) in [4.78, 5) is 38.0. The summed E-state index contributed by atoms with van der Waals surface area (Å²) in [5.41, 5.74) is 0.898. The largest absolute Gasteiger partial charge is 0.489 e. The fourth-order valence-corrected chi connectivity index (χ4v) is 3.85. The molecule has 1 unspecified atom stereocenters. The summed E-state index contributed by atoms with van der Waals surface area (Å²) in [6, 6.07) is 9.07. The number of hydrogen-bond acceptors (Lipinski definition) is 4. The highest BCUT2D eigenvalue weighted by Crippen LogP contribution is 2.35. The Labute approximate surface area is 170 Å². The van der Waals surface area contributed by atoms with Crippen molar-refractivity contribution < 1.29 is 32.3 Å². The number of halogens is 3. The van der Waals surface area contributed by atoms with Gasteiger partial charge in [0.1, 0.15) is 18.1 Å². The Bertz CT molecular complexity index is 1010. The molecule has 4 rings (SSSR count). The fourth-order valence-electron chi connectivity index (χ4n) is 3.85. The number of alkyl halides is 3. The van der Waals surface area contributed by atoms with Gasteiger partial charge < -0.3 is 9.64 Å². The van der Waals surface area contributed by atoms with Crippen LogP contribution in [0.15, 0.2) is 42.5 Å². The monoisotopic (exact) mass is 417 g/mol. The molecule has 0 N–H and O–H groups in total. The molecule has 0 radical (unpaired) electrons. The van der Waals surface area contributed by atoms with Crippen LogP contribution in [0.4, 0.5) is 13.2 Å². The van der Waals surface area contributed by atoms with Gasteiger partial charge in [0.15, 0.2) is 5.78 Å². The topological polar surface area (TPSA) is 63.7 Å². The predicted molar refractivity (Wildman–Crippen MR) is 99.7 cm³/mol. The van der Waals surface area contributed by atoms with Crippen LogP contribution < -0.4 is 4.74 Å². The number of rotatable bonds is 4. The van der Waals surface area contributed by atoms with Crippen molar-refractivity contribution in [1.82, 2.24) is 4.90 Å². The van der Waals surface area contributed by atoms with Crippen molar-refractivity contribution in [2.75, 3.05) is 0 Å². The van der Waals surface area contributed by atoms with E-state index < -0.39 is 17.8 Å². The lowest BCUT2D eigenvalue weighted by Crippen LogP contribution is -2.44. The lowest BCUT2D eigenvalue weighted by Gasteiger charge is -2.29. The molecule has 1 amide bonds. The van der Waals surface area contributed by atoms with Crippen molar-refractivity contribution in [3.05, 3.63) is 64.7 Å². The van der Waals surface area contributed by atoms with E-state index in [2.05, 4.69) is 0 Å². The maximum absolute atomic E-state index is 12.8. The van der Waals surface area contributed by atoms with Crippen LogP contribution >= 0.6 is 0 Å². The van der Waals surface area contributed by atoms with E-state index in [1.165, 1.54) is 17.0 Å². The number of fused-ring (bicyclic) bond motifs is 1. The first-order chi connectivity index (χ1) is 14.2. The number of amides is 1. The quantitative estimate of drug-likeness (QED) is 0.708. The number of benzene rings is 2. The Morgan fingerprint density at radius 2 is 1.77 bits per heavy atom. The van der Waals surface area contributed by atoms with Crippen LogP contribution in [0.25, 0.3) is 0 Å². The van der Waals surface area contributed by atoms with Gasteiger partial charge in [0.2, 0.25) is 0 Å². The van der Waals surface area contributed by atoms with E-state index in [4.69, 9.17) is 4.74 Å². The standard InChI is InChI=1S/C22H18F3NO4/c23-22(24,25)14-6-4-13(5-7-14)12-30-20-3-1-2-16-17(20)11-26(21(16)29)18-9-8-15(27)10-19(18)28/h1-7,18H,8-12H2. The summed E-state index contributed by atoms with van der Waals surface area (Å²) in [7, 11) is 0. The summed E-state index contributed by atoms with van der Waals surface area (Å²) in [6.45, 7) is 0.238. The number of ether oxygens (including phenoxy) is 1. The predicted octanol–water partition coefficient (Wildman–Crippen LogP) is 3.93. The molecule has 0 aromatic heterocycles. The molecule has 0 spiro atoms. The molecule has 156 valence electrons. The first-order valence-electron chi connectivity index (χ1n) is 9.50. The first-order valence-corrected chi connectivity index (χ1v) is 9.50. The molecule has 8 heteroatoms. The second-order valence-corrected chi connectivity index (χ2v) is 7.43. The highest BCUT2D eigenvalue weighted by atomic mass is 19.4. The summed E-state index contributed by atoms with van der Waals surface area (Å²) in [6.07, 6.45) is -3.96. The molecule has 1 aliphatic carbocycles. The summed E-state index contributed by atoms with van der Waals surface area (Å²) in [5.74, 6) is -0.194. The summed E-state index contributed by atoms with van der Waals surface area (Å²) >= 11 is 0. The van der Waals surface area contributed by atoms with Crippen molar-refractivity contribution in [2.45, 2.75) is 44.6 Å². The SMILES string of the molecule is O=C1CCC(N2Cc3c(OCc4ccc(C(F)(F)F)cc4)cccc3C2=O)C(=O)C1. The second kappa shape index (κ2) is 7.59. The van der Waals surface area contributed by atoms with E-state index in [0.29, 0.717) is 28.9 Å². The minimum absolute atomic E-state index is 0.0413. The van der Waals surface area contributed by atoms with Crippen LogP contribution in [0.5, 0.6) is 5.75 Å². The van der Waals surface area contributed by atoms with Gasteiger partial charge in [0, 0.05) is 17.5 Å². The third-order valence-corrected chi connectivity index (χ3v) is 5.44. The zero-order valence-corrected chi connectivity index (χ0v) is 15.9. The molecule has 30 heavy (non-hydrogen) atoms. The molecule has 1 heterocycles. The van der Waals surface area contributed by atoms with Gasteiger partial charge >= 0.3 is 6.18 Å². The molecule has 2 aromatic carbocycles. The molecule has 1 saturated carbocycles. The van der Waals surface area contributed by atoms with Gasteiger partial charge in [0.25, 0.3) is 5.91 Å². The number of Topliss-reactive ketones (excluding diaryl/α,β-unsaturated/α-hetero) is 2. The maximum atomic E-state index is 12.8. The third kappa shape index (κ3) is 3.81. The van der Waals surface area contributed by atoms with Crippen LogP contribution in [0, 0.1) is 0 Å². The zero-order chi connectivity index (χ0) is 21.5. The average Bonchev–Trinajstić information content (AvgIpc) is 3.03. The zero-order valence-electron chi connectivity index (χ0n) is 15.9. The van der Waals surface area contributed by atoms with Gasteiger partial charge in [-0.2, -0.15) is 13.2 Å². The van der Waals surface area contributed by atoms with Gasteiger partial charge in [-0.1, -0.05) is 18.2 Å². The molecular weight excluding hydrogens is 399 g/mol. The molecular formula is C22H18F3NO4. The van der Waals surface area contributed by atoms with E-state index in [1.807, 2.05) is 0 Å². The fraction of sp³-hybridized carbons (Fsp3) is 0.318. The Morgan fingerprint density at radius 1 is 1.03 bits per heavy atom. The number of nitrogens with zero attached hydrogens (tertiary/aromatic N) is 1. The average molecular weight is 417 g/mol. The van der Waals surface area contributed by atoms with Crippen molar-refractivity contribution in [2.24, 2.45) is 0 Å². The molecule has 0 saturated heterocycles. The summed E-state index contributed by atoms with van der Waals surface area (Å²) in [5, 5.41) is 0. The Kier molecular flexibility index (Phi) is 5.09. The molecule has 1 atom stereocenters. The third-order valence-electron chi connectivity index (χ3n) is 5.44.